The van der Waals surface area contributed by atoms with Gasteiger partial charge in [-0.3, -0.25) is 0 Å². The molecule has 72 valence electrons. The smallest absolute Gasteiger partial charge is 0.175 e. The summed E-state index contributed by atoms with van der Waals surface area (Å²) in [6, 6.07) is 8.64. The number of thioether (sulfide) groups is 1. The Morgan fingerprint density at radius 3 is 3.14 bits per heavy atom. The monoisotopic (exact) mass is 286 g/mol. The van der Waals surface area contributed by atoms with Crippen molar-refractivity contribution in [1.82, 2.24) is 0 Å². The number of halogens is 1. The molecule has 0 fully saturated rings. The Labute approximate surface area is 99.3 Å². The van der Waals surface area contributed by atoms with Crippen LogP contribution in [0.4, 0.5) is 0 Å². The molecule has 4 heteroatoms. The second-order valence-corrected chi connectivity index (χ2v) is 6.95. The number of aromatic nitrogens is 1. The van der Waals surface area contributed by atoms with Crippen LogP contribution in [0.25, 0.3) is 10.2 Å². The Bertz CT molecular complexity index is 480. The van der Waals surface area contributed by atoms with Gasteiger partial charge in [0.2, 0.25) is 5.52 Å². The Morgan fingerprint density at radius 2 is 2.21 bits per heavy atom. The number of hydrogen-bond donors (Lipinski definition) is 0. The van der Waals surface area contributed by atoms with E-state index in [9.17, 15) is 0 Å². The Kier molecular flexibility index (Phi) is 2.30. The summed E-state index contributed by atoms with van der Waals surface area (Å²) < 4.78 is 5.27. The highest BCUT2D eigenvalue weighted by Gasteiger charge is 2.28. The van der Waals surface area contributed by atoms with Gasteiger partial charge in [-0.25, -0.2) is 0 Å². The first-order valence-electron chi connectivity index (χ1n) is 4.53. The Hall–Kier alpha value is -0.0600. The number of rotatable bonds is 0. The van der Waals surface area contributed by atoms with E-state index in [1.54, 1.807) is 0 Å². The van der Waals surface area contributed by atoms with Crippen LogP contribution in [0, 0.1) is 0 Å². The molecule has 14 heavy (non-hydrogen) atoms. The molecule has 2 heterocycles. The van der Waals surface area contributed by atoms with Gasteiger partial charge in [-0.1, -0.05) is 39.4 Å². The van der Waals surface area contributed by atoms with Gasteiger partial charge in [-0.15, -0.1) is 0 Å². The quantitative estimate of drug-likeness (QED) is 0.532. The van der Waals surface area contributed by atoms with Crippen LogP contribution in [0.15, 0.2) is 28.6 Å². The molecule has 1 aliphatic rings. The van der Waals surface area contributed by atoms with E-state index in [0.717, 1.165) is 6.54 Å². The highest BCUT2D eigenvalue weighted by Crippen LogP contribution is 2.32. The van der Waals surface area contributed by atoms with E-state index in [-0.39, 0.29) is 0 Å². The average Bonchev–Trinajstić information content (AvgIpc) is 2.56. The first kappa shape index (κ1) is 9.19. The van der Waals surface area contributed by atoms with Crippen molar-refractivity contribution < 1.29 is 4.57 Å². The number of para-hydroxylation sites is 1. The molecule has 0 saturated heterocycles. The van der Waals surface area contributed by atoms with Gasteiger partial charge >= 0.3 is 0 Å². The molecule has 0 radical (unpaired) electrons. The van der Waals surface area contributed by atoms with Crippen molar-refractivity contribution >= 4 is 49.2 Å². The van der Waals surface area contributed by atoms with Crippen molar-refractivity contribution in [1.29, 1.82) is 0 Å². The molecular weight excluding hydrogens is 278 g/mol. The second-order valence-electron chi connectivity index (χ2n) is 3.35. The standard InChI is InChI=1S/C10H9BrNS2/c11-7-5-12-8-3-1-2-4-9(8)14-10(12)13-6-7/h1-4,7H,5-6H2/q+1/t7-/m0/s1. The van der Waals surface area contributed by atoms with E-state index < -0.39 is 0 Å². The summed E-state index contributed by atoms with van der Waals surface area (Å²) in [5, 5.41) is 0. The van der Waals surface area contributed by atoms with Gasteiger partial charge in [-0.2, -0.15) is 4.57 Å². The molecule has 1 aromatic heterocycles. The Balaban J connectivity index is 2.25. The maximum atomic E-state index is 3.69. The summed E-state index contributed by atoms with van der Waals surface area (Å²) in [5.74, 6) is 1.19. The fourth-order valence-electron chi connectivity index (χ4n) is 1.71. The van der Waals surface area contributed by atoms with Crippen molar-refractivity contribution in [3.05, 3.63) is 24.3 Å². The van der Waals surface area contributed by atoms with Crippen molar-refractivity contribution in [2.45, 2.75) is 15.7 Å². The van der Waals surface area contributed by atoms with E-state index in [1.165, 1.54) is 20.3 Å². The van der Waals surface area contributed by atoms with Crippen LogP contribution in [0.5, 0.6) is 0 Å². The van der Waals surface area contributed by atoms with E-state index in [2.05, 4.69) is 44.8 Å². The van der Waals surface area contributed by atoms with Crippen molar-refractivity contribution in [3.63, 3.8) is 0 Å². The molecule has 0 amide bonds. The topological polar surface area (TPSA) is 3.88 Å². The summed E-state index contributed by atoms with van der Waals surface area (Å²) in [5.41, 5.74) is 1.38. The van der Waals surface area contributed by atoms with Gasteiger partial charge < -0.3 is 0 Å². The highest BCUT2D eigenvalue weighted by atomic mass is 79.9. The summed E-state index contributed by atoms with van der Waals surface area (Å²) in [4.78, 5) is 0.614. The molecule has 3 rings (SSSR count). The fourth-order valence-corrected chi connectivity index (χ4v) is 4.76. The molecule has 0 aliphatic carbocycles. The molecule has 1 aromatic carbocycles. The molecule has 1 aliphatic heterocycles. The zero-order valence-corrected chi connectivity index (χ0v) is 10.7. The minimum atomic E-state index is 0.614. The molecular formula is C10H9BrNS2+. The van der Waals surface area contributed by atoms with E-state index >= 15 is 0 Å². The van der Waals surface area contributed by atoms with Crippen LogP contribution < -0.4 is 4.57 Å². The maximum absolute atomic E-state index is 3.69. The van der Waals surface area contributed by atoms with Crippen LogP contribution in [0.2, 0.25) is 0 Å². The first-order chi connectivity index (χ1) is 6.84. The number of hydrogen-bond acceptors (Lipinski definition) is 2. The highest BCUT2D eigenvalue weighted by molar-refractivity contribution is 9.09. The van der Waals surface area contributed by atoms with Gasteiger partial charge in [0.25, 0.3) is 4.34 Å². The molecule has 0 bridgehead atoms. The van der Waals surface area contributed by atoms with Gasteiger partial charge in [-0.05, 0) is 17.8 Å². The molecule has 1 atom stereocenters. The maximum Gasteiger partial charge on any atom is 0.298 e. The third kappa shape index (κ3) is 1.40. The van der Waals surface area contributed by atoms with Crippen LogP contribution in [-0.4, -0.2) is 10.6 Å². The van der Waals surface area contributed by atoms with Gasteiger partial charge in [0.15, 0.2) is 6.54 Å². The minimum Gasteiger partial charge on any atom is -0.175 e. The lowest BCUT2D eigenvalue weighted by Gasteiger charge is -2.10. The summed E-state index contributed by atoms with van der Waals surface area (Å²) in [6.45, 7) is 1.10. The summed E-state index contributed by atoms with van der Waals surface area (Å²) in [6.07, 6.45) is 0. The molecule has 0 saturated carbocycles. The molecule has 0 N–H and O–H groups in total. The number of benzene rings is 1. The Morgan fingerprint density at radius 1 is 1.36 bits per heavy atom. The van der Waals surface area contributed by atoms with Crippen LogP contribution in [0.1, 0.15) is 0 Å². The van der Waals surface area contributed by atoms with Crippen LogP contribution in [-0.2, 0) is 6.54 Å². The number of nitrogens with zero attached hydrogens (tertiary/aromatic N) is 1. The van der Waals surface area contributed by atoms with Crippen LogP contribution in [0.3, 0.4) is 0 Å². The van der Waals surface area contributed by atoms with Crippen LogP contribution >= 0.6 is 39.0 Å². The third-order valence-corrected chi connectivity index (χ3v) is 5.98. The predicted molar refractivity (Wildman–Crippen MR) is 65.5 cm³/mol. The van der Waals surface area contributed by atoms with Gasteiger partial charge in [0.05, 0.1) is 4.83 Å². The summed E-state index contributed by atoms with van der Waals surface area (Å²) >= 11 is 7.56. The number of alkyl halides is 1. The second kappa shape index (κ2) is 3.51. The molecule has 0 spiro atoms. The van der Waals surface area contributed by atoms with E-state index in [0.29, 0.717) is 4.83 Å². The predicted octanol–water partition coefficient (Wildman–Crippen LogP) is 3.06. The lowest BCUT2D eigenvalue weighted by atomic mass is 10.3. The van der Waals surface area contributed by atoms with Gasteiger partial charge in [0.1, 0.15) is 4.70 Å². The molecule has 0 unspecified atom stereocenters. The number of thiazole rings is 1. The summed E-state index contributed by atoms with van der Waals surface area (Å²) in [7, 11) is 0. The third-order valence-electron chi connectivity index (χ3n) is 2.34. The van der Waals surface area contributed by atoms with Crippen molar-refractivity contribution in [3.8, 4) is 0 Å². The molecule has 1 nitrogen and oxygen atoms in total. The van der Waals surface area contributed by atoms with Gasteiger partial charge in [0, 0.05) is 11.8 Å². The van der Waals surface area contributed by atoms with E-state index in [4.69, 9.17) is 0 Å². The lowest BCUT2D eigenvalue weighted by Crippen LogP contribution is -2.42. The SMILES string of the molecule is Br[C@@H]1CSc2sc3ccccc3[n+]2C1. The van der Waals surface area contributed by atoms with Crippen molar-refractivity contribution in [2.24, 2.45) is 0 Å². The number of fused-ring (bicyclic) bond motifs is 3. The largest absolute Gasteiger partial charge is 0.298 e. The fraction of sp³-hybridized carbons (Fsp3) is 0.300. The zero-order chi connectivity index (χ0) is 9.54. The average molecular weight is 287 g/mol. The minimum absolute atomic E-state index is 0.614. The van der Waals surface area contributed by atoms with Crippen molar-refractivity contribution in [2.75, 3.05) is 5.75 Å². The van der Waals surface area contributed by atoms with E-state index in [1.807, 2.05) is 23.1 Å². The lowest BCUT2D eigenvalue weighted by molar-refractivity contribution is -0.702. The zero-order valence-electron chi connectivity index (χ0n) is 7.44. The first-order valence-corrected chi connectivity index (χ1v) is 7.24. The molecule has 2 aromatic rings. The normalized spacial score (nSPS) is 21.1.